The Morgan fingerprint density at radius 2 is 2.00 bits per heavy atom. The Kier molecular flexibility index (Phi) is 4.90. The van der Waals surface area contributed by atoms with E-state index in [9.17, 15) is 4.79 Å². The largest absolute Gasteiger partial charge is 0.504 e. The number of primary amides is 1. The molecule has 0 aliphatic heterocycles. The van der Waals surface area contributed by atoms with Crippen LogP contribution < -0.4 is 5.73 Å². The van der Waals surface area contributed by atoms with E-state index < -0.39 is 21.8 Å². The van der Waals surface area contributed by atoms with Gasteiger partial charge in [-0.05, 0) is 0 Å². The van der Waals surface area contributed by atoms with Crippen LogP contribution in [-0.4, -0.2) is 36.0 Å². The van der Waals surface area contributed by atoms with Gasteiger partial charge >= 0.3 is 6.09 Å². The molecule has 0 unspecified atom stereocenters. The number of carbonyl (C=O) groups is 1. The summed E-state index contributed by atoms with van der Waals surface area (Å²) in [6.45, 7) is 0. The second-order valence-corrected chi connectivity index (χ2v) is 2.82. The summed E-state index contributed by atoms with van der Waals surface area (Å²) in [6, 6.07) is 0. The number of rotatable bonds is 4. The van der Waals surface area contributed by atoms with E-state index in [2.05, 4.69) is 4.43 Å². The third kappa shape index (κ3) is 4.30. The van der Waals surface area contributed by atoms with Gasteiger partial charge in [0.15, 0.2) is 5.91 Å². The molecule has 60 valence electrons. The summed E-state index contributed by atoms with van der Waals surface area (Å²) >= 11 is 0. The second kappa shape index (κ2) is 5.21. The smallest absolute Gasteiger partial charge is 0.390 e. The molecule has 0 aromatic carbocycles. The van der Waals surface area contributed by atoms with Crippen LogP contribution in [0.4, 0.5) is 4.79 Å². The first kappa shape index (κ1) is 9.41. The average molecular weight is 165 g/mol. The number of nitrogens with two attached hydrogens (primary N) is 1. The maximum atomic E-state index is 10.1. The number of amides is 1. The molecule has 0 saturated carbocycles. The Hall–Kier alpha value is -0.593. The summed E-state index contributed by atoms with van der Waals surface area (Å²) in [4.78, 5) is 10.1. The highest BCUT2D eigenvalue weighted by Crippen LogP contribution is 1.87. The van der Waals surface area contributed by atoms with Crippen LogP contribution in [-0.2, 0) is 13.9 Å². The van der Waals surface area contributed by atoms with Crippen molar-refractivity contribution in [3.63, 3.8) is 0 Å². The normalized spacial score (nSPS) is 11.1. The standard InChI is InChI=1S/C4H11NO4Si/c1-7-4(8-2)10-9-3(5)6/h4H,10H2,1-2H3,(H2,5,6). The lowest BCUT2D eigenvalue weighted by atomic mass is 11.3. The summed E-state index contributed by atoms with van der Waals surface area (Å²) in [7, 11) is 1.81. The minimum Gasteiger partial charge on any atom is -0.504 e. The van der Waals surface area contributed by atoms with Crippen molar-refractivity contribution in [2.75, 3.05) is 14.2 Å². The lowest BCUT2D eigenvalue weighted by Gasteiger charge is -2.10. The zero-order valence-corrected chi connectivity index (χ0v) is 7.41. The van der Waals surface area contributed by atoms with Crippen LogP contribution in [0.5, 0.6) is 0 Å². The SMILES string of the molecule is COC(OC)[SiH2]OC(N)=O. The van der Waals surface area contributed by atoms with Crippen molar-refractivity contribution in [3.05, 3.63) is 0 Å². The summed E-state index contributed by atoms with van der Waals surface area (Å²) in [5.74, 6) is -0.396. The molecule has 0 aliphatic carbocycles. The van der Waals surface area contributed by atoms with Crippen molar-refractivity contribution >= 4 is 15.9 Å². The third-order valence-electron chi connectivity index (χ3n) is 0.887. The van der Waals surface area contributed by atoms with Crippen molar-refractivity contribution in [2.24, 2.45) is 5.73 Å². The predicted octanol–water partition coefficient (Wildman–Crippen LogP) is -1.26. The van der Waals surface area contributed by atoms with Gasteiger partial charge in [-0.15, -0.1) is 0 Å². The fourth-order valence-electron chi connectivity index (χ4n) is 0.382. The molecule has 0 spiro atoms. The first-order valence-corrected chi connectivity index (χ1v) is 4.08. The van der Waals surface area contributed by atoms with Gasteiger partial charge in [0, 0.05) is 14.2 Å². The molecule has 2 N–H and O–H groups in total. The highest BCUT2D eigenvalue weighted by Gasteiger charge is 2.07. The van der Waals surface area contributed by atoms with Crippen LogP contribution >= 0.6 is 0 Å². The monoisotopic (exact) mass is 165 g/mol. The predicted molar refractivity (Wildman–Crippen MR) is 37.0 cm³/mol. The Morgan fingerprint density at radius 1 is 1.50 bits per heavy atom. The van der Waals surface area contributed by atoms with Crippen LogP contribution in [0.1, 0.15) is 0 Å². The molecule has 5 nitrogen and oxygen atoms in total. The van der Waals surface area contributed by atoms with Gasteiger partial charge < -0.3 is 19.6 Å². The fourth-order valence-corrected chi connectivity index (χ4v) is 0.955. The molecule has 10 heavy (non-hydrogen) atoms. The summed E-state index contributed by atoms with van der Waals surface area (Å²) in [6.07, 6.45) is -0.772. The van der Waals surface area contributed by atoms with E-state index in [1.807, 2.05) is 0 Å². The van der Waals surface area contributed by atoms with Gasteiger partial charge in [0.05, 0.1) is 0 Å². The molecule has 0 radical (unpaired) electrons. The Balaban J connectivity index is 3.34. The molecule has 6 heteroatoms. The summed E-state index contributed by atoms with van der Waals surface area (Å²) in [5.41, 5.74) is 4.71. The van der Waals surface area contributed by atoms with E-state index >= 15 is 0 Å². The molecule has 1 amide bonds. The van der Waals surface area contributed by atoms with Crippen LogP contribution in [0.3, 0.4) is 0 Å². The van der Waals surface area contributed by atoms with Crippen molar-refractivity contribution in [1.29, 1.82) is 0 Å². The number of ether oxygens (including phenoxy) is 2. The van der Waals surface area contributed by atoms with E-state index in [0.717, 1.165) is 0 Å². The molecule has 0 saturated heterocycles. The molecule has 0 rings (SSSR count). The molecular weight excluding hydrogens is 154 g/mol. The van der Waals surface area contributed by atoms with Gasteiger partial charge in [-0.1, -0.05) is 0 Å². The average Bonchev–Trinajstić information content (AvgIpc) is 1.90. The van der Waals surface area contributed by atoms with Gasteiger partial charge in [-0.25, -0.2) is 4.79 Å². The van der Waals surface area contributed by atoms with Gasteiger partial charge in [0.1, 0.15) is 0 Å². The Morgan fingerprint density at radius 3 is 2.30 bits per heavy atom. The number of carbonyl (C=O) groups excluding carboxylic acids is 1. The first-order chi connectivity index (χ1) is 4.70. The van der Waals surface area contributed by atoms with E-state index in [1.165, 1.54) is 14.2 Å². The van der Waals surface area contributed by atoms with Crippen molar-refractivity contribution < 1.29 is 18.7 Å². The number of hydrogen-bond acceptors (Lipinski definition) is 4. The van der Waals surface area contributed by atoms with Gasteiger partial charge in [0.2, 0.25) is 0 Å². The minimum atomic E-state index is -1.14. The third-order valence-corrected chi connectivity index (χ3v) is 2.28. The van der Waals surface area contributed by atoms with Gasteiger partial charge in [0.25, 0.3) is 9.76 Å². The quantitative estimate of drug-likeness (QED) is 0.417. The molecule has 0 aromatic rings. The highest BCUT2D eigenvalue weighted by molar-refractivity contribution is 6.31. The van der Waals surface area contributed by atoms with Crippen molar-refractivity contribution in [1.82, 2.24) is 0 Å². The molecule has 0 aromatic heterocycles. The topological polar surface area (TPSA) is 70.8 Å². The molecule has 0 bridgehead atoms. The van der Waals surface area contributed by atoms with E-state index in [-0.39, 0.29) is 0 Å². The van der Waals surface area contributed by atoms with E-state index in [4.69, 9.17) is 15.2 Å². The van der Waals surface area contributed by atoms with E-state index in [0.29, 0.717) is 0 Å². The van der Waals surface area contributed by atoms with Crippen molar-refractivity contribution in [2.45, 2.75) is 5.91 Å². The van der Waals surface area contributed by atoms with Gasteiger partial charge in [-0.3, -0.25) is 0 Å². The maximum Gasteiger partial charge on any atom is 0.390 e. The lowest BCUT2D eigenvalue weighted by molar-refractivity contribution is -0.0503. The Labute approximate surface area is 61.4 Å². The second-order valence-electron chi connectivity index (χ2n) is 1.53. The molecule has 0 fully saturated rings. The molecule has 0 atom stereocenters. The summed E-state index contributed by atoms with van der Waals surface area (Å²) in [5, 5.41) is 0. The highest BCUT2D eigenvalue weighted by atomic mass is 28.2. The van der Waals surface area contributed by atoms with Crippen LogP contribution in [0.15, 0.2) is 0 Å². The van der Waals surface area contributed by atoms with Crippen LogP contribution in [0, 0.1) is 0 Å². The number of methoxy groups -OCH3 is 2. The van der Waals surface area contributed by atoms with Crippen LogP contribution in [0.2, 0.25) is 0 Å². The zero-order chi connectivity index (χ0) is 7.98. The van der Waals surface area contributed by atoms with Crippen LogP contribution in [0.25, 0.3) is 0 Å². The van der Waals surface area contributed by atoms with Crippen molar-refractivity contribution in [3.8, 4) is 0 Å². The minimum absolute atomic E-state index is 0.396. The molecule has 0 heterocycles. The van der Waals surface area contributed by atoms with Gasteiger partial charge in [-0.2, -0.15) is 0 Å². The molecular formula is C4H11NO4Si. The van der Waals surface area contributed by atoms with E-state index in [1.54, 1.807) is 0 Å². The first-order valence-electron chi connectivity index (χ1n) is 2.68. The summed E-state index contributed by atoms with van der Waals surface area (Å²) < 4.78 is 14.0. The Bertz CT molecular complexity index is 105. The maximum absolute atomic E-state index is 10.1. The zero-order valence-electron chi connectivity index (χ0n) is 5.99. The lowest BCUT2D eigenvalue weighted by Crippen LogP contribution is -2.28. The molecule has 0 aliphatic rings. The number of hydrogen-bond donors (Lipinski definition) is 1. The fraction of sp³-hybridized carbons (Fsp3) is 0.750.